The van der Waals surface area contributed by atoms with Crippen LogP contribution in [0.3, 0.4) is 0 Å². The van der Waals surface area contributed by atoms with Gasteiger partial charge in [0.2, 0.25) is 0 Å². The molecule has 0 aromatic heterocycles. The van der Waals surface area contributed by atoms with Gasteiger partial charge >= 0.3 is 0 Å². The molecule has 19 heavy (non-hydrogen) atoms. The number of nitrogens with one attached hydrogen (secondary N) is 1. The van der Waals surface area contributed by atoms with Gasteiger partial charge in [-0.15, -0.1) is 6.42 Å². The number of ether oxygens (including phenoxy) is 2. The van der Waals surface area contributed by atoms with E-state index in [1.807, 2.05) is 6.07 Å². The van der Waals surface area contributed by atoms with Crippen LogP contribution in [0, 0.1) is 24.2 Å². The first-order valence-electron chi connectivity index (χ1n) is 5.65. The summed E-state index contributed by atoms with van der Waals surface area (Å²) in [5, 5.41) is 2.67. The maximum atomic E-state index is 11.2. The number of hydrogen-bond acceptors (Lipinski definition) is 3. The van der Waals surface area contributed by atoms with E-state index in [4.69, 9.17) is 15.9 Å². The molecule has 1 N–H and O–H groups in total. The third kappa shape index (κ3) is 4.65. The average Bonchev–Trinajstić information content (AvgIpc) is 2.43. The van der Waals surface area contributed by atoms with Crippen LogP contribution in [-0.4, -0.2) is 19.6 Å². The smallest absolute Gasteiger partial charge is 0.296 e. The predicted octanol–water partition coefficient (Wildman–Crippen LogP) is 1.35. The molecule has 4 nitrogen and oxygen atoms in total. The lowest BCUT2D eigenvalue weighted by molar-refractivity contribution is -0.115. The molecule has 0 aliphatic carbocycles. The molecule has 1 aromatic carbocycles. The molecule has 0 saturated heterocycles. The van der Waals surface area contributed by atoms with E-state index in [0.29, 0.717) is 18.0 Å². The number of rotatable bonds is 5. The largest absolute Gasteiger partial charge is 0.493 e. The fourth-order valence-electron chi connectivity index (χ4n) is 1.40. The molecule has 0 aliphatic heterocycles. The van der Waals surface area contributed by atoms with Crippen molar-refractivity contribution in [1.82, 2.24) is 5.32 Å². The molecule has 0 radical (unpaired) electrons. The Morgan fingerprint density at radius 1 is 1.42 bits per heavy atom. The molecule has 0 bridgehead atoms. The van der Waals surface area contributed by atoms with Crippen LogP contribution in [0.1, 0.15) is 12.5 Å². The minimum atomic E-state index is -0.315. The highest BCUT2D eigenvalue weighted by atomic mass is 16.5. The monoisotopic (exact) mass is 257 g/mol. The third-order valence-corrected chi connectivity index (χ3v) is 2.23. The second-order valence-electron chi connectivity index (χ2n) is 3.54. The summed E-state index contributed by atoms with van der Waals surface area (Å²) in [6.07, 6.45) is 5.15. The van der Waals surface area contributed by atoms with E-state index in [0.717, 1.165) is 5.56 Å². The van der Waals surface area contributed by atoms with Gasteiger partial charge in [-0.25, -0.2) is 0 Å². The lowest BCUT2D eigenvalue weighted by atomic mass is 10.2. The van der Waals surface area contributed by atoms with Crippen molar-refractivity contribution < 1.29 is 14.3 Å². The first-order chi connectivity index (χ1) is 9.21. The number of carbonyl (C=O) groups is 1. The summed E-state index contributed by atoms with van der Waals surface area (Å²) in [5.74, 6) is 8.16. The summed E-state index contributed by atoms with van der Waals surface area (Å²) in [6, 6.07) is 5.37. The summed E-state index contributed by atoms with van der Waals surface area (Å²) < 4.78 is 10.5. The van der Waals surface area contributed by atoms with Crippen molar-refractivity contribution in [2.45, 2.75) is 13.5 Å². The van der Waals surface area contributed by atoms with Gasteiger partial charge in [-0.1, -0.05) is 17.9 Å². The molecule has 98 valence electrons. The van der Waals surface area contributed by atoms with Gasteiger partial charge in [-0.2, -0.15) is 0 Å². The standard InChI is InChI=1S/C15H15NO3/c1-4-6-15(17)16-11-12-7-8-13(18-3)14(10-12)19-9-5-2/h2,7-8,10H,9,11H2,1,3H3,(H,16,17). The van der Waals surface area contributed by atoms with Crippen LogP contribution in [0.15, 0.2) is 18.2 Å². The number of benzene rings is 1. The number of carbonyl (C=O) groups excluding carboxylic acids is 1. The zero-order valence-corrected chi connectivity index (χ0v) is 10.9. The fourth-order valence-corrected chi connectivity index (χ4v) is 1.40. The molecule has 0 fully saturated rings. The van der Waals surface area contributed by atoms with Crippen molar-refractivity contribution in [2.24, 2.45) is 0 Å². The maximum Gasteiger partial charge on any atom is 0.296 e. The number of amides is 1. The van der Waals surface area contributed by atoms with Crippen LogP contribution in [-0.2, 0) is 11.3 Å². The quantitative estimate of drug-likeness (QED) is 0.810. The van der Waals surface area contributed by atoms with Crippen LogP contribution >= 0.6 is 0 Å². The molecule has 0 unspecified atom stereocenters. The number of methoxy groups -OCH3 is 1. The molecule has 0 aliphatic rings. The van der Waals surface area contributed by atoms with Crippen LogP contribution in [0.2, 0.25) is 0 Å². The molecule has 1 amide bonds. The first-order valence-corrected chi connectivity index (χ1v) is 5.65. The van der Waals surface area contributed by atoms with Crippen LogP contribution in [0.25, 0.3) is 0 Å². The molecule has 1 rings (SSSR count). The normalized spacial score (nSPS) is 8.68. The van der Waals surface area contributed by atoms with E-state index in [1.165, 1.54) is 0 Å². The van der Waals surface area contributed by atoms with E-state index in [-0.39, 0.29) is 12.5 Å². The molecule has 0 atom stereocenters. The van der Waals surface area contributed by atoms with E-state index >= 15 is 0 Å². The van der Waals surface area contributed by atoms with E-state index in [2.05, 4.69) is 23.1 Å². The summed E-state index contributed by atoms with van der Waals surface area (Å²) >= 11 is 0. The minimum absolute atomic E-state index is 0.160. The van der Waals surface area contributed by atoms with Crippen LogP contribution in [0.4, 0.5) is 0 Å². The minimum Gasteiger partial charge on any atom is -0.493 e. The molecule has 4 heteroatoms. The SMILES string of the molecule is C#CCOc1cc(CNC(=O)C#CC)ccc1OC. The van der Waals surface area contributed by atoms with E-state index in [1.54, 1.807) is 26.2 Å². The topological polar surface area (TPSA) is 47.6 Å². The Labute approximate surface area is 113 Å². The Kier molecular flexibility index (Phi) is 5.85. The number of terminal acetylenes is 1. The van der Waals surface area contributed by atoms with Crippen molar-refractivity contribution in [1.29, 1.82) is 0 Å². The highest BCUT2D eigenvalue weighted by Gasteiger charge is 2.06. The Balaban J connectivity index is 2.76. The van der Waals surface area contributed by atoms with Gasteiger partial charge in [-0.05, 0) is 30.5 Å². The lowest BCUT2D eigenvalue weighted by Gasteiger charge is -2.10. The number of hydrogen-bond donors (Lipinski definition) is 1. The highest BCUT2D eigenvalue weighted by molar-refractivity contribution is 5.93. The molecular formula is C15H15NO3. The fraction of sp³-hybridized carbons (Fsp3) is 0.267. The van der Waals surface area contributed by atoms with Gasteiger partial charge in [-0.3, -0.25) is 4.79 Å². The molecular weight excluding hydrogens is 242 g/mol. The lowest BCUT2D eigenvalue weighted by Crippen LogP contribution is -2.20. The summed E-state index contributed by atoms with van der Waals surface area (Å²) in [5.41, 5.74) is 0.874. The second kappa shape index (κ2) is 7.68. The van der Waals surface area contributed by atoms with Crippen molar-refractivity contribution in [3.8, 4) is 35.7 Å². The molecule has 0 saturated carbocycles. The second-order valence-corrected chi connectivity index (χ2v) is 3.54. The molecule has 0 spiro atoms. The predicted molar refractivity (Wildman–Crippen MR) is 72.6 cm³/mol. The van der Waals surface area contributed by atoms with Gasteiger partial charge in [0, 0.05) is 6.54 Å². The zero-order chi connectivity index (χ0) is 14.1. The summed E-state index contributed by atoms with van der Waals surface area (Å²) in [6.45, 7) is 2.14. The highest BCUT2D eigenvalue weighted by Crippen LogP contribution is 2.27. The summed E-state index contributed by atoms with van der Waals surface area (Å²) in [7, 11) is 1.55. The van der Waals surface area contributed by atoms with Crippen molar-refractivity contribution >= 4 is 5.91 Å². The zero-order valence-electron chi connectivity index (χ0n) is 10.9. The summed E-state index contributed by atoms with van der Waals surface area (Å²) in [4.78, 5) is 11.2. The third-order valence-electron chi connectivity index (χ3n) is 2.23. The van der Waals surface area contributed by atoms with Gasteiger partial charge in [0.1, 0.15) is 6.61 Å². The van der Waals surface area contributed by atoms with Crippen molar-refractivity contribution in [2.75, 3.05) is 13.7 Å². The van der Waals surface area contributed by atoms with Gasteiger partial charge in [0.05, 0.1) is 7.11 Å². The van der Waals surface area contributed by atoms with Crippen molar-refractivity contribution in [3.05, 3.63) is 23.8 Å². The molecule has 1 aromatic rings. The average molecular weight is 257 g/mol. The van der Waals surface area contributed by atoms with Gasteiger partial charge in [0.25, 0.3) is 5.91 Å². The Bertz CT molecular complexity index is 547. The van der Waals surface area contributed by atoms with Gasteiger partial charge < -0.3 is 14.8 Å². The van der Waals surface area contributed by atoms with Crippen LogP contribution in [0.5, 0.6) is 11.5 Å². The maximum absolute atomic E-state index is 11.2. The van der Waals surface area contributed by atoms with E-state index < -0.39 is 0 Å². The van der Waals surface area contributed by atoms with Crippen LogP contribution < -0.4 is 14.8 Å². The van der Waals surface area contributed by atoms with E-state index in [9.17, 15) is 4.79 Å². The Morgan fingerprint density at radius 2 is 2.21 bits per heavy atom. The van der Waals surface area contributed by atoms with Gasteiger partial charge in [0.15, 0.2) is 11.5 Å². The Hall–Kier alpha value is -2.59. The molecule has 0 heterocycles. The Morgan fingerprint density at radius 3 is 2.84 bits per heavy atom. The van der Waals surface area contributed by atoms with Crippen molar-refractivity contribution in [3.63, 3.8) is 0 Å². The first kappa shape index (κ1) is 14.5.